The predicted molar refractivity (Wildman–Crippen MR) is 82.6 cm³/mol. The summed E-state index contributed by atoms with van der Waals surface area (Å²) < 4.78 is 19.6. The van der Waals surface area contributed by atoms with Crippen molar-refractivity contribution in [2.75, 3.05) is 6.61 Å². The number of rotatable bonds is 5. The van der Waals surface area contributed by atoms with Gasteiger partial charge in [0.2, 0.25) is 5.78 Å². The van der Waals surface area contributed by atoms with Gasteiger partial charge in [0, 0.05) is 17.7 Å². The Hall–Kier alpha value is -1.32. The molecule has 21 heavy (non-hydrogen) atoms. The Labute approximate surface area is 139 Å². The maximum Gasteiger partial charge on any atom is 0.311 e. The molecule has 2 aromatic rings. The second kappa shape index (κ2) is 6.63. The van der Waals surface area contributed by atoms with Crippen LogP contribution in [0.1, 0.15) is 10.4 Å². The first-order valence-electron chi connectivity index (χ1n) is 5.43. The van der Waals surface area contributed by atoms with E-state index in [4.69, 9.17) is 4.74 Å². The van der Waals surface area contributed by atoms with Gasteiger partial charge in [-0.1, -0.05) is 0 Å². The molecule has 1 aromatic heterocycles. The molecule has 0 bridgehead atoms. The molecule has 0 saturated carbocycles. The number of ether oxygens (including phenoxy) is 1. The molecule has 1 aromatic carbocycles. The lowest BCUT2D eigenvalue weighted by Crippen LogP contribution is -2.12. The Kier molecular flexibility index (Phi) is 5.07. The number of nitro benzene ring substituents is 1. The molecule has 0 N–H and O–H groups in total. The van der Waals surface area contributed by atoms with Crippen molar-refractivity contribution in [3.05, 3.63) is 53.3 Å². The smallest absolute Gasteiger partial charge is 0.311 e. The van der Waals surface area contributed by atoms with Crippen LogP contribution in [0.4, 0.5) is 10.1 Å². The van der Waals surface area contributed by atoms with Crippen LogP contribution >= 0.6 is 43.2 Å². The second-order valence-corrected chi connectivity index (χ2v) is 7.57. The van der Waals surface area contributed by atoms with E-state index in [0.717, 1.165) is 22.0 Å². The minimum absolute atomic E-state index is 0.279. The summed E-state index contributed by atoms with van der Waals surface area (Å²) in [6.07, 6.45) is 0. The van der Waals surface area contributed by atoms with E-state index in [1.165, 1.54) is 11.3 Å². The normalized spacial score (nSPS) is 10.4. The average Bonchev–Trinajstić information content (AvgIpc) is 2.74. The third kappa shape index (κ3) is 3.86. The van der Waals surface area contributed by atoms with Crippen molar-refractivity contribution < 1.29 is 18.8 Å². The van der Waals surface area contributed by atoms with Crippen molar-refractivity contribution in [1.82, 2.24) is 0 Å². The highest BCUT2D eigenvalue weighted by molar-refractivity contribution is 9.12. The summed E-state index contributed by atoms with van der Waals surface area (Å²) in [4.78, 5) is 22.1. The first kappa shape index (κ1) is 16.1. The Bertz CT molecular complexity index is 719. The largest absolute Gasteiger partial charge is 0.478 e. The van der Waals surface area contributed by atoms with Crippen molar-refractivity contribution in [3.8, 4) is 5.75 Å². The molecule has 5 nitrogen and oxygen atoms in total. The maximum atomic E-state index is 13.1. The molecule has 0 aliphatic carbocycles. The quantitative estimate of drug-likeness (QED) is 0.389. The van der Waals surface area contributed by atoms with E-state index in [1.54, 1.807) is 6.07 Å². The number of hydrogen-bond acceptors (Lipinski definition) is 5. The summed E-state index contributed by atoms with van der Waals surface area (Å²) >= 11 is 7.80. The minimum atomic E-state index is -0.698. The number of halogens is 3. The van der Waals surface area contributed by atoms with Crippen molar-refractivity contribution in [2.45, 2.75) is 0 Å². The third-order valence-electron chi connectivity index (χ3n) is 2.43. The molecule has 0 radical (unpaired) electrons. The first-order chi connectivity index (χ1) is 9.88. The summed E-state index contributed by atoms with van der Waals surface area (Å²) in [6, 6.07) is 4.44. The van der Waals surface area contributed by atoms with Crippen molar-refractivity contribution in [2.24, 2.45) is 0 Å². The van der Waals surface area contributed by atoms with Crippen LogP contribution in [-0.2, 0) is 0 Å². The van der Waals surface area contributed by atoms with E-state index in [2.05, 4.69) is 31.9 Å². The Balaban J connectivity index is 2.16. The zero-order valence-electron chi connectivity index (χ0n) is 10.1. The van der Waals surface area contributed by atoms with Gasteiger partial charge in [-0.05, 0) is 44.0 Å². The molecule has 1 heterocycles. The fraction of sp³-hybridized carbons (Fsp3) is 0.0833. The van der Waals surface area contributed by atoms with E-state index in [0.29, 0.717) is 9.35 Å². The molecule has 0 atom stereocenters. The minimum Gasteiger partial charge on any atom is -0.478 e. The number of hydrogen-bond donors (Lipinski definition) is 0. The number of ketones is 1. The lowest BCUT2D eigenvalue weighted by Gasteiger charge is -2.06. The molecule has 110 valence electrons. The molecular weight excluding hydrogens is 433 g/mol. The molecule has 0 saturated heterocycles. The fourth-order valence-electron chi connectivity index (χ4n) is 1.51. The second-order valence-electron chi connectivity index (χ2n) is 3.82. The standard InChI is InChI=1S/C12H6Br2FNO4S/c13-11-4-7(12(14)21-11)9(17)5-20-10-3-6(15)1-2-8(10)16(18)19/h1-4H,5H2. The van der Waals surface area contributed by atoms with Gasteiger partial charge in [0.15, 0.2) is 12.4 Å². The molecule has 0 amide bonds. The van der Waals surface area contributed by atoms with Gasteiger partial charge in [0.05, 0.1) is 12.5 Å². The van der Waals surface area contributed by atoms with E-state index >= 15 is 0 Å². The van der Waals surface area contributed by atoms with Gasteiger partial charge in [0.1, 0.15) is 5.82 Å². The summed E-state index contributed by atoms with van der Waals surface area (Å²) in [5.41, 5.74) is 0.000644. The molecule has 0 fully saturated rings. The zero-order valence-corrected chi connectivity index (χ0v) is 14.1. The summed E-state index contributed by atoms with van der Waals surface area (Å²) in [5.74, 6) is -1.33. The van der Waals surface area contributed by atoms with Gasteiger partial charge in [-0.2, -0.15) is 0 Å². The van der Waals surface area contributed by atoms with Gasteiger partial charge in [-0.25, -0.2) is 4.39 Å². The van der Waals surface area contributed by atoms with Crippen molar-refractivity contribution in [1.29, 1.82) is 0 Å². The number of carbonyl (C=O) groups is 1. The number of Topliss-reactive ketones (excluding diaryl/α,β-unsaturated/α-hetero) is 1. The first-order valence-corrected chi connectivity index (χ1v) is 7.83. The van der Waals surface area contributed by atoms with Gasteiger partial charge >= 0.3 is 5.69 Å². The Morgan fingerprint density at radius 2 is 2.10 bits per heavy atom. The van der Waals surface area contributed by atoms with E-state index in [9.17, 15) is 19.3 Å². The van der Waals surface area contributed by atoms with Gasteiger partial charge in [-0.15, -0.1) is 11.3 Å². The summed E-state index contributed by atoms with van der Waals surface area (Å²) in [6.45, 7) is -0.425. The highest BCUT2D eigenvalue weighted by atomic mass is 79.9. The van der Waals surface area contributed by atoms with Gasteiger partial charge in [-0.3, -0.25) is 14.9 Å². The molecular formula is C12H6Br2FNO4S. The van der Waals surface area contributed by atoms with Crippen LogP contribution in [0.3, 0.4) is 0 Å². The lowest BCUT2D eigenvalue weighted by atomic mass is 10.2. The van der Waals surface area contributed by atoms with Crippen LogP contribution in [0.25, 0.3) is 0 Å². The molecule has 0 aliphatic rings. The number of thiophene rings is 1. The molecule has 0 spiro atoms. The van der Waals surface area contributed by atoms with Crippen molar-refractivity contribution in [3.63, 3.8) is 0 Å². The molecule has 0 aliphatic heterocycles. The zero-order chi connectivity index (χ0) is 15.6. The highest BCUT2D eigenvalue weighted by Crippen LogP contribution is 2.33. The third-order valence-corrected chi connectivity index (χ3v) is 4.77. The van der Waals surface area contributed by atoms with Crippen LogP contribution in [0, 0.1) is 15.9 Å². The van der Waals surface area contributed by atoms with Crippen LogP contribution in [0.2, 0.25) is 0 Å². The van der Waals surface area contributed by atoms with Crippen LogP contribution in [0.5, 0.6) is 5.75 Å². The molecule has 2 rings (SSSR count). The Morgan fingerprint density at radius 3 is 2.67 bits per heavy atom. The van der Waals surface area contributed by atoms with Crippen LogP contribution < -0.4 is 4.74 Å². The van der Waals surface area contributed by atoms with Crippen LogP contribution in [0.15, 0.2) is 31.8 Å². The van der Waals surface area contributed by atoms with Gasteiger partial charge in [0.25, 0.3) is 0 Å². The predicted octanol–water partition coefficient (Wildman–Crippen LogP) is 4.58. The topological polar surface area (TPSA) is 69.4 Å². The van der Waals surface area contributed by atoms with E-state index in [-0.39, 0.29) is 11.5 Å². The monoisotopic (exact) mass is 437 g/mol. The Morgan fingerprint density at radius 1 is 1.38 bits per heavy atom. The maximum absolute atomic E-state index is 13.1. The molecule has 0 unspecified atom stereocenters. The SMILES string of the molecule is O=C(COc1cc(F)ccc1[N+](=O)[O-])c1cc(Br)sc1Br. The number of nitro groups is 1. The average molecular weight is 439 g/mol. The lowest BCUT2D eigenvalue weighted by molar-refractivity contribution is -0.385. The summed E-state index contributed by atoms with van der Waals surface area (Å²) in [5, 5.41) is 10.8. The fourth-order valence-corrected chi connectivity index (χ4v) is 4.36. The van der Waals surface area contributed by atoms with Gasteiger partial charge < -0.3 is 4.74 Å². The number of carbonyl (C=O) groups excluding carboxylic acids is 1. The van der Waals surface area contributed by atoms with Crippen molar-refractivity contribution >= 4 is 54.7 Å². The highest BCUT2D eigenvalue weighted by Gasteiger charge is 2.19. The molecule has 9 heteroatoms. The van der Waals surface area contributed by atoms with E-state index in [1.807, 2.05) is 0 Å². The number of nitrogens with zero attached hydrogens (tertiary/aromatic N) is 1. The van der Waals surface area contributed by atoms with Crippen LogP contribution in [-0.4, -0.2) is 17.3 Å². The summed E-state index contributed by atoms with van der Waals surface area (Å²) in [7, 11) is 0. The number of benzene rings is 1. The van der Waals surface area contributed by atoms with E-state index < -0.39 is 23.0 Å².